The van der Waals surface area contributed by atoms with Crippen molar-refractivity contribution >= 4 is 28.6 Å². The van der Waals surface area contributed by atoms with Crippen LogP contribution in [0.3, 0.4) is 0 Å². The van der Waals surface area contributed by atoms with E-state index in [4.69, 9.17) is 16.3 Å². The summed E-state index contributed by atoms with van der Waals surface area (Å²) in [4.78, 5) is 1.36. The molecule has 1 aliphatic carbocycles. The highest BCUT2D eigenvalue weighted by atomic mass is 35.5. The molecule has 5 heteroatoms. The van der Waals surface area contributed by atoms with Crippen LogP contribution in [0.25, 0.3) is 0 Å². The van der Waals surface area contributed by atoms with Crippen LogP contribution in [0.15, 0.2) is 24.3 Å². The standard InChI is InChI=1S/C14H14ClNO2S/c1-18-12-4-2-8(6-11(12)17)16-10-3-5-13-9(10)7-14(15)19-13/h2,4,6-7,10,16-17H,3,5H2,1H3. The fourth-order valence-corrected chi connectivity index (χ4v) is 3.82. The van der Waals surface area contributed by atoms with Crippen molar-refractivity contribution in [3.63, 3.8) is 0 Å². The first-order valence-corrected chi connectivity index (χ1v) is 7.28. The van der Waals surface area contributed by atoms with Gasteiger partial charge in [0.2, 0.25) is 0 Å². The summed E-state index contributed by atoms with van der Waals surface area (Å²) in [6.07, 6.45) is 2.12. The number of hydrogen-bond acceptors (Lipinski definition) is 4. The van der Waals surface area contributed by atoms with E-state index in [9.17, 15) is 5.11 Å². The van der Waals surface area contributed by atoms with Gasteiger partial charge in [-0.1, -0.05) is 11.6 Å². The van der Waals surface area contributed by atoms with Gasteiger partial charge in [0.15, 0.2) is 11.5 Å². The molecule has 1 aromatic carbocycles. The van der Waals surface area contributed by atoms with Gasteiger partial charge in [0.1, 0.15) is 0 Å². The highest BCUT2D eigenvalue weighted by Crippen LogP contribution is 2.41. The molecule has 100 valence electrons. The largest absolute Gasteiger partial charge is 0.504 e. The Morgan fingerprint density at radius 1 is 1.42 bits per heavy atom. The maximum Gasteiger partial charge on any atom is 0.160 e. The van der Waals surface area contributed by atoms with Crippen LogP contribution in [0.2, 0.25) is 4.34 Å². The Bertz CT molecular complexity index is 611. The van der Waals surface area contributed by atoms with Crippen molar-refractivity contribution in [2.24, 2.45) is 0 Å². The molecule has 2 aromatic rings. The number of halogens is 1. The van der Waals surface area contributed by atoms with Gasteiger partial charge in [0.05, 0.1) is 17.5 Å². The maximum absolute atomic E-state index is 9.78. The summed E-state index contributed by atoms with van der Waals surface area (Å²) in [5.74, 6) is 0.630. The minimum atomic E-state index is 0.147. The van der Waals surface area contributed by atoms with Crippen LogP contribution in [0.5, 0.6) is 11.5 Å². The van der Waals surface area contributed by atoms with E-state index in [1.54, 1.807) is 30.6 Å². The molecule has 1 unspecified atom stereocenters. The zero-order valence-corrected chi connectivity index (χ0v) is 12.0. The van der Waals surface area contributed by atoms with Gasteiger partial charge < -0.3 is 15.2 Å². The summed E-state index contributed by atoms with van der Waals surface area (Å²) in [5, 5.41) is 13.2. The molecular formula is C14H14ClNO2S. The van der Waals surface area contributed by atoms with Gasteiger partial charge >= 0.3 is 0 Å². The Kier molecular flexibility index (Phi) is 3.29. The number of aryl methyl sites for hydroxylation is 1. The lowest BCUT2D eigenvalue weighted by molar-refractivity contribution is 0.373. The summed E-state index contributed by atoms with van der Waals surface area (Å²) in [5.41, 5.74) is 2.17. The molecule has 0 aliphatic heterocycles. The van der Waals surface area contributed by atoms with Crippen molar-refractivity contribution < 1.29 is 9.84 Å². The molecule has 0 saturated carbocycles. The number of aromatic hydroxyl groups is 1. The average Bonchev–Trinajstić information content (AvgIpc) is 2.90. The van der Waals surface area contributed by atoms with Gasteiger partial charge in [0, 0.05) is 16.6 Å². The van der Waals surface area contributed by atoms with Crippen LogP contribution < -0.4 is 10.1 Å². The molecule has 1 atom stereocenters. The highest BCUT2D eigenvalue weighted by Gasteiger charge is 2.25. The summed E-state index contributed by atoms with van der Waals surface area (Å²) in [6.45, 7) is 0. The normalized spacial score (nSPS) is 17.3. The third-order valence-corrected chi connectivity index (χ3v) is 4.71. The van der Waals surface area contributed by atoms with Crippen LogP contribution in [0, 0.1) is 0 Å². The number of fused-ring (bicyclic) bond motifs is 1. The fraction of sp³-hybridized carbons (Fsp3) is 0.286. The van der Waals surface area contributed by atoms with Gasteiger partial charge in [-0.25, -0.2) is 0 Å². The van der Waals surface area contributed by atoms with E-state index in [-0.39, 0.29) is 11.8 Å². The van der Waals surface area contributed by atoms with Gasteiger partial charge in [-0.15, -0.1) is 11.3 Å². The number of benzene rings is 1. The van der Waals surface area contributed by atoms with E-state index in [0.29, 0.717) is 5.75 Å². The molecule has 1 heterocycles. The monoisotopic (exact) mass is 295 g/mol. The number of nitrogens with one attached hydrogen (secondary N) is 1. The molecule has 19 heavy (non-hydrogen) atoms. The molecule has 0 spiro atoms. The Labute approximate surface area is 120 Å². The van der Waals surface area contributed by atoms with E-state index in [2.05, 4.69) is 5.32 Å². The Morgan fingerprint density at radius 2 is 2.26 bits per heavy atom. The molecule has 3 nitrogen and oxygen atoms in total. The number of methoxy groups -OCH3 is 1. The van der Waals surface area contributed by atoms with Crippen molar-refractivity contribution in [3.8, 4) is 11.5 Å². The predicted octanol–water partition coefficient (Wildman–Crippen LogP) is 4.22. The topological polar surface area (TPSA) is 41.5 Å². The molecular weight excluding hydrogens is 282 g/mol. The van der Waals surface area contributed by atoms with Crippen molar-refractivity contribution in [2.75, 3.05) is 12.4 Å². The van der Waals surface area contributed by atoms with E-state index in [1.165, 1.54) is 10.4 Å². The molecule has 0 saturated heterocycles. The van der Waals surface area contributed by atoms with Crippen LogP contribution >= 0.6 is 22.9 Å². The first-order valence-electron chi connectivity index (χ1n) is 6.09. The molecule has 0 bridgehead atoms. The second-order valence-corrected chi connectivity index (χ2v) is 6.32. The van der Waals surface area contributed by atoms with E-state index >= 15 is 0 Å². The number of phenols is 1. The molecule has 0 fully saturated rings. The third kappa shape index (κ3) is 2.38. The molecule has 1 aliphatic rings. The van der Waals surface area contributed by atoms with Gasteiger partial charge in [-0.05, 0) is 36.6 Å². The van der Waals surface area contributed by atoms with Crippen molar-refractivity contribution in [3.05, 3.63) is 39.0 Å². The number of hydrogen-bond donors (Lipinski definition) is 2. The van der Waals surface area contributed by atoms with E-state index in [1.807, 2.05) is 12.1 Å². The second-order valence-electron chi connectivity index (χ2n) is 4.55. The summed E-state index contributed by atoms with van der Waals surface area (Å²) >= 11 is 7.70. The number of anilines is 1. The minimum Gasteiger partial charge on any atom is -0.504 e. The van der Waals surface area contributed by atoms with Crippen LogP contribution in [0.1, 0.15) is 22.9 Å². The van der Waals surface area contributed by atoms with Gasteiger partial charge in [-0.3, -0.25) is 0 Å². The first-order chi connectivity index (χ1) is 9.17. The number of phenolic OH excluding ortho intramolecular Hbond substituents is 1. The number of thiophene rings is 1. The summed E-state index contributed by atoms with van der Waals surface area (Å²) < 4.78 is 5.88. The van der Waals surface area contributed by atoms with Crippen LogP contribution in [0.4, 0.5) is 5.69 Å². The Morgan fingerprint density at radius 3 is 3.00 bits per heavy atom. The first kappa shape index (κ1) is 12.6. The quantitative estimate of drug-likeness (QED) is 0.891. The molecule has 0 radical (unpaired) electrons. The summed E-state index contributed by atoms with van der Waals surface area (Å²) in [6, 6.07) is 7.66. The fourth-order valence-electron chi connectivity index (χ4n) is 2.46. The van der Waals surface area contributed by atoms with E-state index in [0.717, 1.165) is 22.9 Å². The SMILES string of the molecule is COc1ccc(NC2CCc3sc(Cl)cc32)cc1O. The van der Waals surface area contributed by atoms with Gasteiger partial charge in [-0.2, -0.15) is 0 Å². The lowest BCUT2D eigenvalue weighted by Crippen LogP contribution is -2.06. The Balaban J connectivity index is 1.81. The zero-order chi connectivity index (χ0) is 13.4. The lowest BCUT2D eigenvalue weighted by Gasteiger charge is -2.15. The Hall–Kier alpha value is -1.39. The number of ether oxygens (including phenoxy) is 1. The van der Waals surface area contributed by atoms with Crippen molar-refractivity contribution in [1.82, 2.24) is 0 Å². The molecule has 3 rings (SSSR count). The van der Waals surface area contributed by atoms with Crippen molar-refractivity contribution in [1.29, 1.82) is 0 Å². The lowest BCUT2D eigenvalue weighted by atomic mass is 10.1. The molecule has 0 amide bonds. The number of rotatable bonds is 3. The minimum absolute atomic E-state index is 0.147. The van der Waals surface area contributed by atoms with Gasteiger partial charge in [0.25, 0.3) is 0 Å². The smallest absolute Gasteiger partial charge is 0.160 e. The summed E-state index contributed by atoms with van der Waals surface area (Å²) in [7, 11) is 1.54. The van der Waals surface area contributed by atoms with Crippen molar-refractivity contribution in [2.45, 2.75) is 18.9 Å². The average molecular weight is 296 g/mol. The molecule has 1 aromatic heterocycles. The van der Waals surface area contributed by atoms with Crippen LogP contribution in [-0.2, 0) is 6.42 Å². The van der Waals surface area contributed by atoms with E-state index < -0.39 is 0 Å². The highest BCUT2D eigenvalue weighted by molar-refractivity contribution is 7.16. The second kappa shape index (κ2) is 4.94. The third-order valence-electron chi connectivity index (χ3n) is 3.37. The predicted molar refractivity (Wildman–Crippen MR) is 78.7 cm³/mol. The van der Waals surface area contributed by atoms with Crippen LogP contribution in [-0.4, -0.2) is 12.2 Å². The molecule has 2 N–H and O–H groups in total. The maximum atomic E-state index is 9.78. The zero-order valence-electron chi connectivity index (χ0n) is 10.4.